The maximum atomic E-state index is 13.9. The minimum absolute atomic E-state index is 0.0206. The van der Waals surface area contributed by atoms with E-state index in [1.165, 1.54) is 0 Å². The first-order valence-electron chi connectivity index (χ1n) is 15.5. The van der Waals surface area contributed by atoms with Crippen molar-refractivity contribution in [3.8, 4) is 0 Å². The Kier molecular flexibility index (Phi) is 12.5. The Labute approximate surface area is 254 Å². The summed E-state index contributed by atoms with van der Waals surface area (Å²) in [6.07, 6.45) is -4.53. The third-order valence-electron chi connectivity index (χ3n) is 8.89. The zero-order chi connectivity index (χ0) is 32.2. The predicted molar refractivity (Wildman–Crippen MR) is 156 cm³/mol. The number of aliphatic hydroxyl groups excluding tert-OH is 4. The molecular formula is C30H53N3O10. The van der Waals surface area contributed by atoms with Gasteiger partial charge in [0.1, 0.15) is 6.10 Å². The number of piperidine rings is 1. The number of aliphatic hydroxyl groups is 5. The molecular weight excluding hydrogens is 562 g/mol. The molecule has 3 fully saturated rings. The van der Waals surface area contributed by atoms with Gasteiger partial charge in [-0.2, -0.15) is 0 Å². The molecule has 248 valence electrons. The van der Waals surface area contributed by atoms with Crippen LogP contribution in [0.2, 0.25) is 0 Å². The van der Waals surface area contributed by atoms with Crippen LogP contribution in [0, 0.1) is 23.7 Å². The Morgan fingerprint density at radius 1 is 1.09 bits per heavy atom. The largest absolute Gasteiger partial charge is 0.393 e. The van der Waals surface area contributed by atoms with Crippen LogP contribution in [0.3, 0.4) is 0 Å². The van der Waals surface area contributed by atoms with Crippen molar-refractivity contribution < 1.29 is 49.3 Å². The summed E-state index contributed by atoms with van der Waals surface area (Å²) in [4.78, 5) is 27.1. The summed E-state index contributed by atoms with van der Waals surface area (Å²) >= 11 is 0. The van der Waals surface area contributed by atoms with E-state index in [0.29, 0.717) is 12.8 Å². The monoisotopic (exact) mass is 615 g/mol. The van der Waals surface area contributed by atoms with Gasteiger partial charge in [0, 0.05) is 38.3 Å². The molecule has 0 aromatic rings. The Balaban J connectivity index is 1.90. The van der Waals surface area contributed by atoms with Crippen LogP contribution < -0.4 is 11.5 Å². The van der Waals surface area contributed by atoms with Crippen molar-refractivity contribution in [1.82, 2.24) is 4.90 Å². The Morgan fingerprint density at radius 2 is 1.72 bits per heavy atom. The number of nitrogens with two attached hydrogens (primary N) is 2. The number of amides is 2. The van der Waals surface area contributed by atoms with E-state index in [4.69, 9.17) is 25.7 Å². The summed E-state index contributed by atoms with van der Waals surface area (Å²) in [5.74, 6) is -4.20. The lowest BCUT2D eigenvalue weighted by molar-refractivity contribution is -0.308. The number of nitrogens with zero attached hydrogens (tertiary/aromatic N) is 1. The predicted octanol–water partition coefficient (Wildman–Crippen LogP) is -0.647. The molecule has 3 aliphatic heterocycles. The molecule has 0 aromatic carbocycles. The van der Waals surface area contributed by atoms with Crippen molar-refractivity contribution in [2.24, 2.45) is 35.1 Å². The second-order valence-corrected chi connectivity index (χ2v) is 13.2. The molecule has 0 radical (unpaired) electrons. The third-order valence-corrected chi connectivity index (χ3v) is 8.89. The standard InChI is InChI=1S/C30H53N3O10/c1-15(2)6-7-19(42-29-26(37)24(31)25(36)17(5)41-29)12-22-23(28(39)33-10-8-18(9-11-33)27(32)38)21(35)14-30(40,43-22)13-20(34)16(3)4/h6-7,15-26,29,34-37,40H,8-14,31H2,1-5H3,(H2,32,38)/b7-6+/t17?,19-,20+,21-,22-,23+,24?,25?,26?,29?,30+/m0/s1. The lowest BCUT2D eigenvalue weighted by Gasteiger charge is -2.47. The zero-order valence-electron chi connectivity index (χ0n) is 26.0. The van der Waals surface area contributed by atoms with E-state index < -0.39 is 72.7 Å². The molecule has 0 saturated carbocycles. The van der Waals surface area contributed by atoms with Crippen LogP contribution >= 0.6 is 0 Å². The van der Waals surface area contributed by atoms with E-state index in [0.717, 1.165) is 0 Å². The molecule has 5 unspecified atom stereocenters. The Morgan fingerprint density at radius 3 is 2.28 bits per heavy atom. The van der Waals surface area contributed by atoms with Crippen molar-refractivity contribution in [3.63, 3.8) is 0 Å². The first-order valence-corrected chi connectivity index (χ1v) is 15.5. The SMILES string of the molecule is CC(C)/C=C/[C@@H](C[C@@H]1O[C@](O)(C[C@@H](O)C(C)C)C[C@H](O)[C@H]1C(=O)N1CCC(C(N)=O)CC1)OC1OC(C)C(O)C(N)C1O. The van der Waals surface area contributed by atoms with Crippen LogP contribution in [0.5, 0.6) is 0 Å². The van der Waals surface area contributed by atoms with Crippen molar-refractivity contribution in [2.45, 2.75) is 128 Å². The number of hydrogen-bond acceptors (Lipinski definition) is 11. The Bertz CT molecular complexity index is 958. The van der Waals surface area contributed by atoms with Crippen LogP contribution in [0.25, 0.3) is 0 Å². The number of hydrogen-bond donors (Lipinski definition) is 7. The number of carbonyl (C=O) groups excluding carboxylic acids is 2. The van der Waals surface area contributed by atoms with Gasteiger partial charge < -0.3 is 56.1 Å². The molecule has 3 saturated heterocycles. The van der Waals surface area contributed by atoms with E-state index in [9.17, 15) is 35.1 Å². The average molecular weight is 616 g/mol. The lowest BCUT2D eigenvalue weighted by atomic mass is 9.81. The number of likely N-dealkylation sites (tertiary alicyclic amines) is 1. The summed E-state index contributed by atoms with van der Waals surface area (Å²) in [6, 6.07) is -1.02. The molecule has 43 heavy (non-hydrogen) atoms. The molecule has 0 spiro atoms. The maximum Gasteiger partial charge on any atom is 0.230 e. The summed E-state index contributed by atoms with van der Waals surface area (Å²) in [5, 5.41) is 54.3. The van der Waals surface area contributed by atoms with Gasteiger partial charge in [-0.25, -0.2) is 0 Å². The van der Waals surface area contributed by atoms with Crippen LogP contribution in [0.15, 0.2) is 12.2 Å². The fraction of sp³-hybridized carbons (Fsp3) is 0.867. The van der Waals surface area contributed by atoms with Crippen molar-refractivity contribution in [2.75, 3.05) is 13.1 Å². The average Bonchev–Trinajstić information content (AvgIpc) is 2.92. The molecule has 13 heteroatoms. The zero-order valence-corrected chi connectivity index (χ0v) is 26.0. The highest BCUT2D eigenvalue weighted by molar-refractivity contribution is 5.81. The lowest BCUT2D eigenvalue weighted by Crippen LogP contribution is -2.62. The van der Waals surface area contributed by atoms with Gasteiger partial charge in [-0.1, -0.05) is 39.8 Å². The van der Waals surface area contributed by atoms with Gasteiger partial charge in [0.2, 0.25) is 11.8 Å². The minimum atomic E-state index is -1.92. The summed E-state index contributed by atoms with van der Waals surface area (Å²) in [5.41, 5.74) is 11.5. The highest BCUT2D eigenvalue weighted by Crippen LogP contribution is 2.39. The minimum Gasteiger partial charge on any atom is -0.393 e. The van der Waals surface area contributed by atoms with Crippen LogP contribution in [0.4, 0.5) is 0 Å². The van der Waals surface area contributed by atoms with Gasteiger partial charge in [0.05, 0.1) is 48.6 Å². The summed E-state index contributed by atoms with van der Waals surface area (Å²) in [7, 11) is 0. The van der Waals surface area contributed by atoms with Gasteiger partial charge in [-0.15, -0.1) is 0 Å². The van der Waals surface area contributed by atoms with Crippen molar-refractivity contribution in [1.29, 1.82) is 0 Å². The highest BCUT2D eigenvalue weighted by Gasteiger charge is 2.51. The van der Waals surface area contributed by atoms with Crippen molar-refractivity contribution >= 4 is 11.8 Å². The van der Waals surface area contributed by atoms with Crippen molar-refractivity contribution in [3.05, 3.63) is 12.2 Å². The fourth-order valence-electron chi connectivity index (χ4n) is 6.02. The molecule has 0 bridgehead atoms. The van der Waals surface area contributed by atoms with Crippen LogP contribution in [-0.2, 0) is 23.8 Å². The quantitative estimate of drug-likeness (QED) is 0.145. The smallest absolute Gasteiger partial charge is 0.230 e. The number of carbonyl (C=O) groups is 2. The Hall–Kier alpha value is -1.68. The molecule has 3 aliphatic rings. The number of allylic oxidation sites excluding steroid dienone is 1. The van der Waals surface area contributed by atoms with E-state index in [-0.39, 0.29) is 56.0 Å². The molecule has 3 rings (SSSR count). The van der Waals surface area contributed by atoms with E-state index in [2.05, 4.69) is 0 Å². The molecule has 3 heterocycles. The van der Waals surface area contributed by atoms with Crippen LogP contribution in [-0.4, -0.2) is 116 Å². The normalized spacial score (nSPS) is 37.7. The first-order chi connectivity index (χ1) is 20.0. The second kappa shape index (κ2) is 15.1. The van der Waals surface area contributed by atoms with Gasteiger partial charge in [0.15, 0.2) is 12.1 Å². The van der Waals surface area contributed by atoms with Gasteiger partial charge in [0.25, 0.3) is 0 Å². The maximum absolute atomic E-state index is 13.9. The first kappa shape index (κ1) is 35.8. The number of ether oxygens (including phenoxy) is 3. The molecule has 9 N–H and O–H groups in total. The van der Waals surface area contributed by atoms with E-state index in [1.807, 2.05) is 19.9 Å². The third kappa shape index (κ3) is 9.18. The van der Waals surface area contributed by atoms with Gasteiger partial charge >= 0.3 is 0 Å². The topological polar surface area (TPSA) is 218 Å². The molecule has 13 nitrogen and oxygen atoms in total. The van der Waals surface area contributed by atoms with E-state index >= 15 is 0 Å². The van der Waals surface area contributed by atoms with Gasteiger partial charge in [-0.3, -0.25) is 9.59 Å². The molecule has 0 aromatic heterocycles. The number of rotatable bonds is 11. The second-order valence-electron chi connectivity index (χ2n) is 13.2. The summed E-state index contributed by atoms with van der Waals surface area (Å²) < 4.78 is 18.1. The number of primary amides is 1. The molecule has 2 amide bonds. The molecule has 0 aliphatic carbocycles. The fourth-order valence-corrected chi connectivity index (χ4v) is 6.02. The van der Waals surface area contributed by atoms with E-state index in [1.54, 1.807) is 31.7 Å². The highest BCUT2D eigenvalue weighted by atomic mass is 16.7. The summed E-state index contributed by atoms with van der Waals surface area (Å²) in [6.45, 7) is 9.70. The molecule has 11 atom stereocenters. The van der Waals surface area contributed by atoms with Crippen LogP contribution in [0.1, 0.15) is 66.7 Å². The van der Waals surface area contributed by atoms with Gasteiger partial charge in [-0.05, 0) is 31.6 Å².